The number of anilines is 3. The molecule has 6 aromatic heterocycles. The highest BCUT2D eigenvalue weighted by molar-refractivity contribution is 7.57. The lowest BCUT2D eigenvalue weighted by Gasteiger charge is -2.35. The van der Waals surface area contributed by atoms with Crippen molar-refractivity contribution in [3.8, 4) is 0 Å². The van der Waals surface area contributed by atoms with E-state index in [1.807, 2.05) is 6.92 Å². The number of aryl methyl sites for hydroxylation is 1. The Balaban J connectivity index is 0.000000287. The maximum atomic E-state index is 16.7. The van der Waals surface area contributed by atoms with Crippen LogP contribution in [-0.2, 0) is 126 Å². The predicted octanol–water partition coefficient (Wildman–Crippen LogP) is 12.2. The average molecular weight is 2130 g/mol. The number of nitrogens with one attached hydrogen (secondary N) is 7. The molecule has 0 saturated carbocycles. The van der Waals surface area contributed by atoms with Gasteiger partial charge < -0.3 is 86.6 Å². The maximum absolute atomic E-state index is 16.7. The summed E-state index contributed by atoms with van der Waals surface area (Å²) in [5.74, 6) is -15.0. The number of halogens is 6. The van der Waals surface area contributed by atoms with Crippen LogP contribution in [0.25, 0.3) is 33.5 Å². The number of hydrogen-bond acceptors (Lipinski definition) is 38. The predicted molar refractivity (Wildman–Crippen MR) is 507 cm³/mol. The monoisotopic (exact) mass is 2130 g/mol. The van der Waals surface area contributed by atoms with Crippen LogP contribution in [0.3, 0.4) is 0 Å². The van der Waals surface area contributed by atoms with E-state index in [-0.39, 0.29) is 50.8 Å². The lowest BCUT2D eigenvalue weighted by molar-refractivity contribution is -0.151. The van der Waals surface area contributed by atoms with Crippen LogP contribution in [0.4, 0.5) is 43.7 Å². The molecule has 3 saturated heterocycles. The molecule has 0 amide bonds. The van der Waals surface area contributed by atoms with Crippen LogP contribution in [0, 0.1) is 23.2 Å². The number of carbonyl (C=O) groups excluding carboxylic acids is 6. The molecular weight excluding hydrogens is 2000 g/mol. The van der Waals surface area contributed by atoms with Gasteiger partial charge in [-0.05, 0) is 165 Å². The van der Waals surface area contributed by atoms with E-state index in [4.69, 9.17) is 81.2 Å². The SMILES string of the molecule is CC(C)OC(=O)[C@H](C)NP(C)(=O)OC[C@H]1O[C@@H](n2cnc3c(N)ccnc32)C(F)(F)C1(C)COP(C)(=O)N[C@@H](C)C(=O)OC(C)C.CCNc1ncnc2c1ncn2[C@@H]1O[C@H](COP(C)(=O)N[C@@H](C)C(=O)OC(C)C)C(C)(COP(C)(=O)N[C@@H](C)C(=O)OC(C)C)C1(F)F.Cc1nc(N)c2ncn([C@@H]3O[C@H](COP(C)(=O)N[C@@H](C)C(=O)OC(C)C)C(C)(COP(C)(=O)N[C@@H](C)C(=O)OC(C)C)C3(F)F)c2n1. The van der Waals surface area contributed by atoms with Gasteiger partial charge in [0.15, 0.2) is 34.1 Å². The number of hydrogen-bond donors (Lipinski definition) is 9. The number of ether oxygens (including phenoxy) is 9. The zero-order chi connectivity index (χ0) is 107. The number of pyridine rings is 1. The fourth-order valence-electron chi connectivity index (χ4n) is 14.3. The zero-order valence-corrected chi connectivity index (χ0v) is 89.7. The third-order valence-corrected chi connectivity index (χ3v) is 30.7. The number of nitrogens with zero attached hydrogens (tertiary/aromatic N) is 11. The molecule has 0 bridgehead atoms. The third-order valence-electron chi connectivity index (χ3n) is 21.8. The molecule has 3 aliphatic rings. The van der Waals surface area contributed by atoms with Crippen LogP contribution in [0.15, 0.2) is 37.6 Å². The van der Waals surface area contributed by atoms with Gasteiger partial charge in [0.25, 0.3) is 45.1 Å². The summed E-state index contributed by atoms with van der Waals surface area (Å²) in [4.78, 5) is 107. The van der Waals surface area contributed by atoms with Gasteiger partial charge in [0.05, 0.1) is 135 Å². The molecule has 9 heterocycles. The first kappa shape index (κ1) is 120. The van der Waals surface area contributed by atoms with Crippen molar-refractivity contribution in [1.29, 1.82) is 0 Å². The number of aromatic nitrogens is 11. The van der Waals surface area contributed by atoms with Gasteiger partial charge in [-0.1, -0.05) is 0 Å². The summed E-state index contributed by atoms with van der Waals surface area (Å²) in [5, 5.41) is 18.2. The van der Waals surface area contributed by atoms with Crippen molar-refractivity contribution in [3.05, 3.63) is 43.4 Å². The molecule has 21 atom stereocenters. The molecule has 141 heavy (non-hydrogen) atoms. The fourth-order valence-corrected chi connectivity index (χ4v) is 22.5. The van der Waals surface area contributed by atoms with Crippen molar-refractivity contribution < 1.29 is 152 Å². The van der Waals surface area contributed by atoms with Crippen molar-refractivity contribution in [2.45, 2.75) is 287 Å². The van der Waals surface area contributed by atoms with Gasteiger partial charge in [-0.2, -0.15) is 0 Å². The van der Waals surface area contributed by atoms with Gasteiger partial charge >= 0.3 is 53.6 Å². The Labute approximate surface area is 813 Å². The molecule has 47 nitrogen and oxygen atoms in total. The largest absolute Gasteiger partial charge is 0.462 e. The molecule has 59 heteroatoms. The molecule has 9 unspecified atom stereocenters. The standard InChI is InChI=1S/C28H47F2N7O9P2.C27H45F2N7O9P2.C27H44F2N6O9P2/c1-11-31-22-21-23(33-14-32-22)37(15-34-21)26-28(29,30)27(8,13-43-48(10,41)36-19(7)25(39)45-17(4)5)20(46-26)12-42-47(9,40)35-18(6)24(38)44-16(2)3;1-14(2)43-23(37)16(5)34-46(9,39)41-11-19-26(8,12-42-47(10,40)35-17(6)24(38)44-15(3)4)27(28,29)25(45-19)36-13-31-20-21(30)32-18(7)33-22(20)36;1-15(2)42-23(36)17(5)33-45(8,38)40-12-20-26(7,13-41-46(9,39)34-18(6)24(37)43-16(3)4)27(28,29)25(44-20)35-14-32-21-19(30)10-11-31-22(21)35/h14-20,26H,11-13H2,1-10H3,(H,35,40)(H,36,41)(H,31,32,33);13-17,19,25H,11-12H2,1-10H3,(H,34,39)(H,35,40)(H2,30,32,33);10-11,14-18,20,25H,12-13H2,1-9H3,(H2,30,31)(H,33,38)(H,34,39)/t18-,19-,20+,26+,27?,47?,48?;16-,17-,19+,25+,26?,46?,47?;17-,18-,20+,25+,26?,45?,46?/m000/s1. The number of nitrogen functional groups attached to an aromatic ring is 2. The quantitative estimate of drug-likeness (QED) is 0.00741. The molecule has 0 spiro atoms. The highest BCUT2D eigenvalue weighted by Crippen LogP contribution is 2.62. The Kier molecular flexibility index (Phi) is 40.8. The summed E-state index contributed by atoms with van der Waals surface area (Å²) in [6.07, 6.45) is -7.32. The number of alkyl halides is 6. The molecule has 3 aliphatic heterocycles. The van der Waals surface area contributed by atoms with Crippen molar-refractivity contribution >= 4 is 132 Å². The van der Waals surface area contributed by atoms with Gasteiger partial charge in [0.2, 0.25) is 18.7 Å². The maximum Gasteiger partial charge on any atom is 0.323 e. The Hall–Kier alpha value is -7.70. The van der Waals surface area contributed by atoms with Crippen molar-refractivity contribution in [2.24, 2.45) is 16.2 Å². The van der Waals surface area contributed by atoms with Crippen LogP contribution < -0.4 is 47.3 Å². The van der Waals surface area contributed by atoms with E-state index >= 15 is 26.3 Å². The highest BCUT2D eigenvalue weighted by atomic mass is 31.2. The van der Waals surface area contributed by atoms with E-state index in [1.54, 1.807) is 83.1 Å². The highest BCUT2D eigenvalue weighted by Gasteiger charge is 2.72. The lowest BCUT2D eigenvalue weighted by atomic mass is 9.80. The molecule has 798 valence electrons. The number of esters is 6. The number of imidazole rings is 3. The lowest BCUT2D eigenvalue weighted by Crippen LogP contribution is -2.48. The first-order valence-electron chi connectivity index (χ1n) is 45.0. The van der Waals surface area contributed by atoms with E-state index in [9.17, 15) is 56.2 Å². The third kappa shape index (κ3) is 30.7. The minimum atomic E-state index is -3.90. The summed E-state index contributed by atoms with van der Waals surface area (Å²) < 4.78 is 265. The minimum Gasteiger partial charge on any atom is -0.462 e. The van der Waals surface area contributed by atoms with E-state index in [1.165, 1.54) is 87.1 Å². The molecule has 0 radical (unpaired) electrons. The zero-order valence-electron chi connectivity index (χ0n) is 84.4. The number of carbonyl (C=O) groups is 6. The number of rotatable bonds is 47. The summed E-state index contributed by atoms with van der Waals surface area (Å²) in [6, 6.07) is -4.90. The van der Waals surface area contributed by atoms with E-state index in [0.717, 1.165) is 73.4 Å². The van der Waals surface area contributed by atoms with Gasteiger partial charge in [-0.3, -0.25) is 69.9 Å². The van der Waals surface area contributed by atoms with Gasteiger partial charge in [-0.15, -0.1) is 0 Å². The van der Waals surface area contributed by atoms with Crippen LogP contribution in [0.5, 0.6) is 0 Å². The number of nitrogens with two attached hydrogens (primary N) is 2. The number of fused-ring (bicyclic) bond motifs is 3. The second-order valence-electron chi connectivity index (χ2n) is 37.1. The summed E-state index contributed by atoms with van der Waals surface area (Å²) in [5.41, 5.74) is 5.84. The molecule has 9 rings (SSSR count). The van der Waals surface area contributed by atoms with Gasteiger partial charge in [0.1, 0.15) is 59.4 Å². The molecule has 11 N–H and O–H groups in total. The molecule has 0 aliphatic carbocycles. The van der Waals surface area contributed by atoms with E-state index in [0.29, 0.717) is 12.4 Å². The topological polar surface area (TPSA) is 597 Å². The van der Waals surface area contributed by atoms with Crippen LogP contribution in [-0.4, -0.2) is 285 Å². The minimum absolute atomic E-state index is 0.0230. The van der Waals surface area contributed by atoms with Gasteiger partial charge in [0, 0.05) is 52.7 Å². The van der Waals surface area contributed by atoms with Crippen LogP contribution in [0.2, 0.25) is 0 Å². The van der Waals surface area contributed by atoms with Crippen molar-refractivity contribution in [2.75, 3.05) is 103 Å². The van der Waals surface area contributed by atoms with Crippen LogP contribution in [0.1, 0.15) is 177 Å². The molecule has 6 aromatic rings. The Morgan fingerprint density at radius 2 is 0.652 bits per heavy atom. The molecule has 3 fully saturated rings. The Morgan fingerprint density at radius 3 is 0.936 bits per heavy atom. The summed E-state index contributed by atoms with van der Waals surface area (Å²) >= 11 is 0. The first-order valence-corrected chi connectivity index (χ1v) is 57.4. The Morgan fingerprint density at radius 1 is 0.390 bits per heavy atom. The van der Waals surface area contributed by atoms with E-state index < -0.39 is 264 Å². The van der Waals surface area contributed by atoms with Crippen LogP contribution >= 0.6 is 45.1 Å². The molecule has 0 aromatic carbocycles. The fraction of sp³-hybridized carbons (Fsp3) is 0.732. The second kappa shape index (κ2) is 47.9. The molecular formula is C82H136F6N20O27P6. The average Bonchev–Trinajstić information content (AvgIpc) is 1.57. The Bertz CT molecular complexity index is 5680. The van der Waals surface area contributed by atoms with Crippen molar-refractivity contribution in [1.82, 2.24) is 84.1 Å². The first-order chi connectivity index (χ1) is 64.7. The van der Waals surface area contributed by atoms with E-state index in [2.05, 4.69) is 75.7 Å². The summed E-state index contributed by atoms with van der Waals surface area (Å²) in [7, 11) is -23.1. The second-order valence-corrected chi connectivity index (χ2v) is 50.4. The smallest absolute Gasteiger partial charge is 0.323 e. The van der Waals surface area contributed by atoms with Gasteiger partial charge in [-0.25, -0.2) is 96.7 Å². The van der Waals surface area contributed by atoms with Crippen molar-refractivity contribution in [3.63, 3.8) is 0 Å². The summed E-state index contributed by atoms with van der Waals surface area (Å²) in [6.45, 7) is 38.0. The normalized spacial score (nSPS) is 24.9.